The van der Waals surface area contributed by atoms with E-state index in [-0.39, 0.29) is 12.3 Å². The second kappa shape index (κ2) is 6.40. The molecule has 3 N–H and O–H groups in total. The highest BCUT2D eigenvalue weighted by molar-refractivity contribution is 7.89. The minimum Gasteiger partial charge on any atom is -0.480 e. The van der Waals surface area contributed by atoms with Crippen molar-refractivity contribution in [3.05, 3.63) is 0 Å². The maximum atomic E-state index is 11.3. The minimum absolute atomic E-state index is 0.0846. The van der Waals surface area contributed by atoms with Crippen LogP contribution in [0, 0.1) is 0 Å². The van der Waals surface area contributed by atoms with Crippen LogP contribution in [-0.4, -0.2) is 62.3 Å². The number of carbonyl (C=O) groups excluding carboxylic acids is 1. The standard InChI is InChI=1S/C8H17N3O5S/c1-6(7(12)13)10-8(14)9-4-5-17(15,16)11(2)3/h6H,4-5H2,1-3H3,(H,12,13)(H2,9,10,14)/t6-/m1/s1. The molecule has 0 unspecified atom stereocenters. The summed E-state index contributed by atoms with van der Waals surface area (Å²) < 4.78 is 23.7. The van der Waals surface area contributed by atoms with Gasteiger partial charge in [0.15, 0.2) is 0 Å². The first kappa shape index (κ1) is 15.7. The molecular formula is C8H17N3O5S. The van der Waals surface area contributed by atoms with Crippen LogP contribution >= 0.6 is 0 Å². The van der Waals surface area contributed by atoms with Crippen molar-refractivity contribution >= 4 is 22.0 Å². The molecule has 0 spiro atoms. The average molecular weight is 267 g/mol. The summed E-state index contributed by atoms with van der Waals surface area (Å²) in [5.74, 6) is -1.41. The Morgan fingerprint density at radius 3 is 2.29 bits per heavy atom. The highest BCUT2D eigenvalue weighted by atomic mass is 32.2. The third kappa shape index (κ3) is 6.07. The van der Waals surface area contributed by atoms with E-state index in [1.54, 1.807) is 0 Å². The molecule has 0 saturated heterocycles. The number of carbonyl (C=O) groups is 2. The molecule has 0 aromatic carbocycles. The summed E-state index contributed by atoms with van der Waals surface area (Å²) in [6, 6.07) is -1.74. The quantitative estimate of drug-likeness (QED) is 0.550. The third-order valence-corrected chi connectivity index (χ3v) is 3.75. The van der Waals surface area contributed by atoms with Gasteiger partial charge in [-0.05, 0) is 6.92 Å². The second-order valence-corrected chi connectivity index (χ2v) is 5.86. The van der Waals surface area contributed by atoms with Gasteiger partial charge in [-0.2, -0.15) is 0 Å². The van der Waals surface area contributed by atoms with Crippen LogP contribution in [0.2, 0.25) is 0 Å². The molecule has 0 aliphatic carbocycles. The Hall–Kier alpha value is -1.35. The summed E-state index contributed by atoms with van der Waals surface area (Å²) in [6.45, 7) is 1.22. The Kier molecular flexibility index (Phi) is 5.89. The lowest BCUT2D eigenvalue weighted by atomic mass is 10.3. The summed E-state index contributed by atoms with van der Waals surface area (Å²) in [7, 11) is -0.583. The number of aliphatic carboxylic acids is 1. The Labute approximate surface area is 100 Å². The van der Waals surface area contributed by atoms with Crippen LogP contribution in [0.5, 0.6) is 0 Å². The van der Waals surface area contributed by atoms with Crippen molar-refractivity contribution in [2.45, 2.75) is 13.0 Å². The van der Waals surface area contributed by atoms with Gasteiger partial charge in [-0.15, -0.1) is 0 Å². The minimum atomic E-state index is -3.36. The molecule has 0 radical (unpaired) electrons. The molecule has 0 aromatic rings. The second-order valence-electron chi connectivity index (χ2n) is 3.56. The number of hydrogen-bond donors (Lipinski definition) is 3. The molecule has 17 heavy (non-hydrogen) atoms. The predicted molar refractivity (Wildman–Crippen MR) is 61.1 cm³/mol. The fourth-order valence-electron chi connectivity index (χ4n) is 0.786. The van der Waals surface area contributed by atoms with Gasteiger partial charge in [-0.25, -0.2) is 17.5 Å². The first-order chi connectivity index (χ1) is 7.66. The predicted octanol–water partition coefficient (Wildman–Crippen LogP) is -1.35. The number of hydrogen-bond acceptors (Lipinski definition) is 4. The van der Waals surface area contributed by atoms with Crippen LogP contribution in [0.4, 0.5) is 4.79 Å². The Balaban J connectivity index is 3.99. The summed E-state index contributed by atoms with van der Waals surface area (Å²) in [5.41, 5.74) is 0. The van der Waals surface area contributed by atoms with Crippen molar-refractivity contribution in [2.24, 2.45) is 0 Å². The Morgan fingerprint density at radius 1 is 1.35 bits per heavy atom. The first-order valence-corrected chi connectivity index (χ1v) is 6.45. The number of amides is 2. The van der Waals surface area contributed by atoms with Crippen LogP contribution in [0.3, 0.4) is 0 Å². The largest absolute Gasteiger partial charge is 0.480 e. The monoisotopic (exact) mass is 267 g/mol. The maximum Gasteiger partial charge on any atom is 0.325 e. The van der Waals surface area contributed by atoms with E-state index in [1.165, 1.54) is 21.0 Å². The number of rotatable bonds is 6. The smallest absolute Gasteiger partial charge is 0.325 e. The molecule has 1 atom stereocenters. The van der Waals surface area contributed by atoms with E-state index in [2.05, 4.69) is 10.6 Å². The highest BCUT2D eigenvalue weighted by Gasteiger charge is 2.16. The Morgan fingerprint density at radius 2 is 1.88 bits per heavy atom. The van der Waals surface area contributed by atoms with E-state index in [4.69, 9.17) is 5.11 Å². The van der Waals surface area contributed by atoms with E-state index >= 15 is 0 Å². The number of urea groups is 1. The number of carboxylic acid groups (broad SMARTS) is 1. The summed E-state index contributed by atoms with van der Waals surface area (Å²) in [6.07, 6.45) is 0. The van der Waals surface area contributed by atoms with Crippen molar-refractivity contribution in [1.29, 1.82) is 0 Å². The van der Waals surface area contributed by atoms with E-state index in [9.17, 15) is 18.0 Å². The zero-order chi connectivity index (χ0) is 13.6. The Bertz CT molecular complexity index is 379. The van der Waals surface area contributed by atoms with Gasteiger partial charge in [-0.3, -0.25) is 4.79 Å². The highest BCUT2D eigenvalue weighted by Crippen LogP contribution is 1.92. The molecule has 0 heterocycles. The molecule has 9 heteroatoms. The van der Waals surface area contributed by atoms with Crippen molar-refractivity contribution in [3.63, 3.8) is 0 Å². The fraction of sp³-hybridized carbons (Fsp3) is 0.750. The summed E-state index contributed by atoms with van der Waals surface area (Å²) in [5, 5.41) is 12.9. The SMILES string of the molecule is C[C@@H](NC(=O)NCCS(=O)(=O)N(C)C)C(=O)O. The molecule has 0 aliphatic rings. The van der Waals surface area contributed by atoms with Gasteiger partial charge in [0.2, 0.25) is 10.0 Å². The molecular weight excluding hydrogens is 250 g/mol. The van der Waals surface area contributed by atoms with Crippen molar-refractivity contribution in [2.75, 3.05) is 26.4 Å². The van der Waals surface area contributed by atoms with Crippen molar-refractivity contribution in [1.82, 2.24) is 14.9 Å². The summed E-state index contributed by atoms with van der Waals surface area (Å²) >= 11 is 0. The van der Waals surface area contributed by atoms with Gasteiger partial charge in [0.1, 0.15) is 6.04 Å². The van der Waals surface area contributed by atoms with Gasteiger partial charge >= 0.3 is 12.0 Å². The number of nitrogens with one attached hydrogen (secondary N) is 2. The van der Waals surface area contributed by atoms with Crippen LogP contribution < -0.4 is 10.6 Å². The molecule has 0 aliphatic heterocycles. The van der Waals surface area contributed by atoms with Gasteiger partial charge in [-0.1, -0.05) is 0 Å². The van der Waals surface area contributed by atoms with E-state index in [0.717, 1.165) is 4.31 Å². The maximum absolute atomic E-state index is 11.3. The van der Waals surface area contributed by atoms with E-state index in [1.807, 2.05) is 0 Å². The molecule has 2 amide bonds. The zero-order valence-electron chi connectivity index (χ0n) is 9.93. The lowest BCUT2D eigenvalue weighted by molar-refractivity contribution is -0.138. The summed E-state index contributed by atoms with van der Waals surface area (Å²) in [4.78, 5) is 21.5. The number of carboxylic acids is 1. The van der Waals surface area contributed by atoms with Crippen molar-refractivity contribution < 1.29 is 23.1 Å². The fourth-order valence-corrected chi connectivity index (χ4v) is 1.51. The van der Waals surface area contributed by atoms with Gasteiger partial charge in [0, 0.05) is 20.6 Å². The molecule has 0 rings (SSSR count). The molecule has 8 nitrogen and oxygen atoms in total. The molecule has 100 valence electrons. The number of nitrogens with zero attached hydrogens (tertiary/aromatic N) is 1. The van der Waals surface area contributed by atoms with Crippen LogP contribution in [-0.2, 0) is 14.8 Å². The normalized spacial score (nSPS) is 13.2. The molecule has 0 saturated carbocycles. The van der Waals surface area contributed by atoms with Gasteiger partial charge in [0.25, 0.3) is 0 Å². The van der Waals surface area contributed by atoms with E-state index in [0.29, 0.717) is 0 Å². The molecule has 0 bridgehead atoms. The average Bonchev–Trinajstić information content (AvgIpc) is 2.16. The van der Waals surface area contributed by atoms with E-state index < -0.39 is 28.1 Å². The first-order valence-electron chi connectivity index (χ1n) is 4.84. The lowest BCUT2D eigenvalue weighted by Gasteiger charge is -2.13. The number of sulfonamides is 1. The lowest BCUT2D eigenvalue weighted by Crippen LogP contribution is -2.45. The molecule has 0 aromatic heterocycles. The van der Waals surface area contributed by atoms with Crippen molar-refractivity contribution in [3.8, 4) is 0 Å². The molecule has 0 fully saturated rings. The van der Waals surface area contributed by atoms with Gasteiger partial charge in [0.05, 0.1) is 5.75 Å². The van der Waals surface area contributed by atoms with Gasteiger partial charge < -0.3 is 15.7 Å². The topological polar surface area (TPSA) is 116 Å². The third-order valence-electron chi connectivity index (χ3n) is 1.92. The van der Waals surface area contributed by atoms with Crippen LogP contribution in [0.15, 0.2) is 0 Å². The van der Waals surface area contributed by atoms with Crippen LogP contribution in [0.1, 0.15) is 6.92 Å². The van der Waals surface area contributed by atoms with Crippen LogP contribution in [0.25, 0.3) is 0 Å². The zero-order valence-corrected chi connectivity index (χ0v) is 10.7.